The molecule has 1 atom stereocenters. The molecular formula is C12H17ClN2O2. The molecule has 2 amide bonds. The van der Waals surface area contributed by atoms with Gasteiger partial charge in [0.2, 0.25) is 0 Å². The largest absolute Gasteiger partial charge is 0.396 e. The quantitative estimate of drug-likeness (QED) is 0.775. The lowest BCUT2D eigenvalue weighted by Crippen LogP contribution is -2.36. The Morgan fingerprint density at radius 2 is 2.24 bits per heavy atom. The number of halogens is 1. The minimum Gasteiger partial charge on any atom is -0.396 e. The van der Waals surface area contributed by atoms with Crippen LogP contribution in [-0.2, 0) is 0 Å². The van der Waals surface area contributed by atoms with Gasteiger partial charge in [-0.3, -0.25) is 0 Å². The third kappa shape index (κ3) is 4.63. The minimum atomic E-state index is -0.295. The Bertz CT molecular complexity index is 396. The molecule has 5 heteroatoms. The van der Waals surface area contributed by atoms with Gasteiger partial charge in [0.25, 0.3) is 0 Å². The number of hydrogen-bond acceptors (Lipinski definition) is 2. The van der Waals surface area contributed by atoms with E-state index in [0.717, 1.165) is 5.56 Å². The van der Waals surface area contributed by atoms with Crippen molar-refractivity contribution in [2.24, 2.45) is 0 Å². The van der Waals surface area contributed by atoms with Crippen molar-refractivity contribution in [3.05, 3.63) is 28.8 Å². The highest BCUT2D eigenvalue weighted by atomic mass is 35.5. The maximum atomic E-state index is 11.6. The summed E-state index contributed by atoms with van der Waals surface area (Å²) in [4.78, 5) is 11.6. The fourth-order valence-corrected chi connectivity index (χ4v) is 1.55. The molecule has 0 spiro atoms. The Balaban J connectivity index is 2.58. The first-order valence-corrected chi connectivity index (χ1v) is 5.85. The van der Waals surface area contributed by atoms with Crippen molar-refractivity contribution in [3.63, 3.8) is 0 Å². The van der Waals surface area contributed by atoms with E-state index >= 15 is 0 Å². The lowest BCUT2D eigenvalue weighted by Gasteiger charge is -2.14. The fourth-order valence-electron chi connectivity index (χ4n) is 1.38. The van der Waals surface area contributed by atoms with Gasteiger partial charge in [0.05, 0.1) is 0 Å². The van der Waals surface area contributed by atoms with Gasteiger partial charge >= 0.3 is 6.03 Å². The summed E-state index contributed by atoms with van der Waals surface area (Å²) >= 11 is 5.85. The van der Waals surface area contributed by atoms with Crippen molar-refractivity contribution in [2.45, 2.75) is 26.3 Å². The average Bonchev–Trinajstić information content (AvgIpc) is 2.23. The molecule has 0 aliphatic rings. The third-order valence-electron chi connectivity index (χ3n) is 2.39. The Morgan fingerprint density at radius 1 is 1.53 bits per heavy atom. The van der Waals surface area contributed by atoms with Crippen LogP contribution in [0.1, 0.15) is 18.9 Å². The Kier molecular flexibility index (Phi) is 5.25. The van der Waals surface area contributed by atoms with E-state index in [-0.39, 0.29) is 18.7 Å². The number of anilines is 1. The van der Waals surface area contributed by atoms with Crippen molar-refractivity contribution >= 4 is 23.3 Å². The Labute approximate surface area is 106 Å². The van der Waals surface area contributed by atoms with Crippen LogP contribution in [-0.4, -0.2) is 23.8 Å². The lowest BCUT2D eigenvalue weighted by atomic mass is 10.2. The molecule has 0 saturated carbocycles. The van der Waals surface area contributed by atoms with Crippen molar-refractivity contribution < 1.29 is 9.90 Å². The molecule has 1 aromatic rings. The second-order valence-electron chi connectivity index (χ2n) is 3.97. The summed E-state index contributed by atoms with van der Waals surface area (Å²) in [7, 11) is 0. The van der Waals surface area contributed by atoms with Crippen LogP contribution < -0.4 is 10.6 Å². The topological polar surface area (TPSA) is 61.4 Å². The molecule has 17 heavy (non-hydrogen) atoms. The van der Waals surface area contributed by atoms with E-state index in [4.69, 9.17) is 16.7 Å². The van der Waals surface area contributed by atoms with Crippen LogP contribution >= 0.6 is 11.6 Å². The summed E-state index contributed by atoms with van der Waals surface area (Å²) in [5.74, 6) is 0. The first-order valence-electron chi connectivity index (χ1n) is 5.47. The molecule has 0 radical (unpaired) electrons. The summed E-state index contributed by atoms with van der Waals surface area (Å²) < 4.78 is 0. The number of carbonyl (C=O) groups excluding carboxylic acids is 1. The zero-order valence-corrected chi connectivity index (χ0v) is 10.7. The maximum absolute atomic E-state index is 11.6. The van der Waals surface area contributed by atoms with E-state index in [1.54, 1.807) is 12.1 Å². The number of carbonyl (C=O) groups is 1. The Morgan fingerprint density at radius 3 is 2.88 bits per heavy atom. The number of aryl methyl sites for hydroxylation is 1. The summed E-state index contributed by atoms with van der Waals surface area (Å²) in [6, 6.07) is 4.95. The lowest BCUT2D eigenvalue weighted by molar-refractivity contribution is 0.241. The van der Waals surface area contributed by atoms with Crippen molar-refractivity contribution in [3.8, 4) is 0 Å². The van der Waals surface area contributed by atoms with E-state index in [1.807, 2.05) is 19.9 Å². The number of urea groups is 1. The molecule has 0 bridgehead atoms. The van der Waals surface area contributed by atoms with Gasteiger partial charge in [-0.2, -0.15) is 0 Å². The van der Waals surface area contributed by atoms with Gasteiger partial charge in [-0.15, -0.1) is 0 Å². The molecule has 0 aliphatic heterocycles. The second-order valence-corrected chi connectivity index (χ2v) is 4.41. The molecular weight excluding hydrogens is 240 g/mol. The maximum Gasteiger partial charge on any atom is 0.319 e. The van der Waals surface area contributed by atoms with Crippen LogP contribution in [0, 0.1) is 6.92 Å². The van der Waals surface area contributed by atoms with Crippen LogP contribution in [0.25, 0.3) is 0 Å². The second kappa shape index (κ2) is 6.47. The van der Waals surface area contributed by atoms with Crippen molar-refractivity contribution in [2.75, 3.05) is 11.9 Å². The molecule has 0 aliphatic carbocycles. The van der Waals surface area contributed by atoms with Crippen molar-refractivity contribution in [1.29, 1.82) is 0 Å². The van der Waals surface area contributed by atoms with Crippen LogP contribution in [0.5, 0.6) is 0 Å². The molecule has 1 rings (SSSR count). The molecule has 0 unspecified atom stereocenters. The summed E-state index contributed by atoms with van der Waals surface area (Å²) in [6.07, 6.45) is 0.530. The van der Waals surface area contributed by atoms with E-state index in [9.17, 15) is 4.79 Å². The minimum absolute atomic E-state index is 0.0532. The van der Waals surface area contributed by atoms with Gasteiger partial charge in [-0.05, 0) is 38.0 Å². The van der Waals surface area contributed by atoms with Crippen LogP contribution in [0.15, 0.2) is 18.2 Å². The molecule has 94 valence electrons. The first-order chi connectivity index (χ1) is 8.02. The summed E-state index contributed by atoms with van der Waals surface area (Å²) in [5.41, 5.74) is 1.63. The number of rotatable bonds is 4. The monoisotopic (exact) mass is 256 g/mol. The number of hydrogen-bond donors (Lipinski definition) is 3. The number of amides is 2. The number of aliphatic hydroxyl groups excluding tert-OH is 1. The van der Waals surface area contributed by atoms with Gasteiger partial charge < -0.3 is 15.7 Å². The summed E-state index contributed by atoms with van der Waals surface area (Å²) in [6.45, 7) is 3.78. The highest BCUT2D eigenvalue weighted by Gasteiger charge is 2.08. The molecule has 0 heterocycles. The molecule has 0 aromatic heterocycles. The predicted molar refractivity (Wildman–Crippen MR) is 69.5 cm³/mol. The molecule has 0 fully saturated rings. The van der Waals surface area contributed by atoms with E-state index in [0.29, 0.717) is 17.1 Å². The molecule has 4 nitrogen and oxygen atoms in total. The van der Waals surface area contributed by atoms with Crippen molar-refractivity contribution in [1.82, 2.24) is 5.32 Å². The Hall–Kier alpha value is -1.26. The SMILES string of the molecule is Cc1ccc(Cl)cc1NC(=O)N[C@H](C)CCO. The third-order valence-corrected chi connectivity index (χ3v) is 2.62. The molecule has 0 saturated heterocycles. The molecule has 1 aromatic carbocycles. The van der Waals surface area contributed by atoms with Gasteiger partial charge in [0.1, 0.15) is 0 Å². The number of nitrogens with one attached hydrogen (secondary N) is 2. The van der Waals surface area contributed by atoms with Gasteiger partial charge in [0.15, 0.2) is 0 Å². The van der Waals surface area contributed by atoms with E-state index in [1.165, 1.54) is 0 Å². The zero-order chi connectivity index (χ0) is 12.8. The fraction of sp³-hybridized carbons (Fsp3) is 0.417. The average molecular weight is 257 g/mol. The van der Waals surface area contributed by atoms with Gasteiger partial charge in [-0.1, -0.05) is 17.7 Å². The number of benzene rings is 1. The van der Waals surface area contributed by atoms with Gasteiger partial charge in [-0.25, -0.2) is 4.79 Å². The number of aliphatic hydroxyl groups is 1. The highest BCUT2D eigenvalue weighted by molar-refractivity contribution is 6.31. The normalized spacial score (nSPS) is 12.0. The zero-order valence-electron chi connectivity index (χ0n) is 9.96. The smallest absolute Gasteiger partial charge is 0.319 e. The van der Waals surface area contributed by atoms with Crippen LogP contribution in [0.4, 0.5) is 10.5 Å². The van der Waals surface area contributed by atoms with Crippen LogP contribution in [0.2, 0.25) is 5.02 Å². The first kappa shape index (κ1) is 13.8. The predicted octanol–water partition coefficient (Wildman–Crippen LogP) is 2.54. The summed E-state index contributed by atoms with van der Waals surface area (Å²) in [5, 5.41) is 14.8. The highest BCUT2D eigenvalue weighted by Crippen LogP contribution is 2.19. The standard InChI is InChI=1S/C12H17ClN2O2/c1-8-3-4-10(13)7-11(8)15-12(17)14-9(2)5-6-16/h3-4,7,9,16H,5-6H2,1-2H3,(H2,14,15,17)/t9-/m1/s1. The van der Waals surface area contributed by atoms with Crippen LogP contribution in [0.3, 0.4) is 0 Å². The van der Waals surface area contributed by atoms with E-state index in [2.05, 4.69) is 10.6 Å². The molecule has 3 N–H and O–H groups in total. The van der Waals surface area contributed by atoms with Gasteiger partial charge in [0, 0.05) is 23.4 Å². The van der Waals surface area contributed by atoms with E-state index < -0.39 is 0 Å².